The zero-order valence-corrected chi connectivity index (χ0v) is 14.9. The number of carbonyl (C=O) groups is 2. The number of carbonyl (C=O) groups excluding carboxylic acids is 2. The lowest BCUT2D eigenvalue weighted by atomic mass is 9.63. The molecule has 2 rings (SSSR count). The quantitative estimate of drug-likeness (QED) is 0.336. The molecule has 0 heterocycles. The van der Waals surface area contributed by atoms with Crippen molar-refractivity contribution in [1.29, 1.82) is 0 Å². The predicted molar refractivity (Wildman–Crippen MR) is 98.0 cm³/mol. The van der Waals surface area contributed by atoms with Gasteiger partial charge in [-0.15, -0.1) is 0 Å². The molecule has 1 saturated carbocycles. The first-order valence-electron chi connectivity index (χ1n) is 7.54. The molecule has 1 aromatic rings. The minimum atomic E-state index is -0.580. The van der Waals surface area contributed by atoms with Gasteiger partial charge in [-0.05, 0) is 30.5 Å². The molecule has 1 aromatic carbocycles. The number of aliphatic imine (C=N–C) groups is 2. The van der Waals surface area contributed by atoms with Gasteiger partial charge in [-0.2, -0.15) is 4.99 Å². The third-order valence-corrected chi connectivity index (χ3v) is 4.62. The van der Waals surface area contributed by atoms with Crippen molar-refractivity contribution in [3.8, 4) is 0 Å². The molecule has 1 aliphatic rings. The van der Waals surface area contributed by atoms with Gasteiger partial charge in [0.1, 0.15) is 11.5 Å². The highest BCUT2D eigenvalue weighted by atomic mass is 79.9. The van der Waals surface area contributed by atoms with Crippen LogP contribution in [0.25, 0.3) is 0 Å². The fourth-order valence-corrected chi connectivity index (χ4v) is 2.93. The van der Waals surface area contributed by atoms with Crippen LogP contribution in [0, 0.1) is 0 Å². The van der Waals surface area contributed by atoms with Gasteiger partial charge in [0.2, 0.25) is 0 Å². The number of nitrogens with one attached hydrogen (secondary N) is 1. The molecule has 0 aromatic heterocycles. The lowest BCUT2D eigenvalue weighted by Gasteiger charge is -2.41. The molecule has 126 valence electrons. The highest BCUT2D eigenvalue weighted by Crippen LogP contribution is 2.44. The Bertz CT molecular complexity index is 704. The molecule has 1 fully saturated rings. The minimum absolute atomic E-state index is 0.0258. The molecular formula is C17H19BrN4O2. The van der Waals surface area contributed by atoms with E-state index < -0.39 is 11.3 Å². The first-order valence-corrected chi connectivity index (χ1v) is 8.33. The van der Waals surface area contributed by atoms with Crippen molar-refractivity contribution in [2.45, 2.75) is 24.7 Å². The van der Waals surface area contributed by atoms with E-state index in [4.69, 9.17) is 5.73 Å². The Kier molecular flexibility index (Phi) is 6.03. The standard InChI is InChI=1S/C17H19BrN4O2/c1-20-11-14(21-9-10-23)15(24)22-16(19)17(7-2-8-17)12-3-5-13(18)6-4-12/h3-6,9-11,20H,2,7-8H2,1H3,(H2,19,22,24)/b14-11-,21-9?. The van der Waals surface area contributed by atoms with Crippen molar-refractivity contribution >= 4 is 40.2 Å². The second-order valence-electron chi connectivity index (χ2n) is 5.48. The second kappa shape index (κ2) is 8.01. The summed E-state index contributed by atoms with van der Waals surface area (Å²) in [4.78, 5) is 30.6. The third-order valence-electron chi connectivity index (χ3n) is 4.09. The Morgan fingerprint density at radius 3 is 2.50 bits per heavy atom. The minimum Gasteiger partial charge on any atom is -0.392 e. The topological polar surface area (TPSA) is 96.9 Å². The van der Waals surface area contributed by atoms with Gasteiger partial charge >= 0.3 is 0 Å². The molecule has 3 N–H and O–H groups in total. The van der Waals surface area contributed by atoms with Crippen LogP contribution in [0.1, 0.15) is 24.8 Å². The Labute approximate surface area is 149 Å². The number of nitrogens with zero attached hydrogens (tertiary/aromatic N) is 2. The van der Waals surface area contributed by atoms with Crippen LogP contribution in [0.3, 0.4) is 0 Å². The average Bonchev–Trinajstić information content (AvgIpc) is 2.52. The number of benzene rings is 1. The van der Waals surface area contributed by atoms with Gasteiger partial charge in [0.25, 0.3) is 5.91 Å². The molecule has 7 heteroatoms. The summed E-state index contributed by atoms with van der Waals surface area (Å²) in [7, 11) is 1.63. The van der Waals surface area contributed by atoms with E-state index in [2.05, 4.69) is 31.2 Å². The van der Waals surface area contributed by atoms with E-state index in [9.17, 15) is 9.59 Å². The van der Waals surface area contributed by atoms with Crippen molar-refractivity contribution in [2.75, 3.05) is 7.05 Å². The van der Waals surface area contributed by atoms with E-state index in [1.807, 2.05) is 24.3 Å². The van der Waals surface area contributed by atoms with Crippen LogP contribution in [-0.4, -0.2) is 31.3 Å². The number of amides is 1. The Morgan fingerprint density at radius 1 is 1.33 bits per heavy atom. The number of rotatable bonds is 6. The zero-order valence-electron chi connectivity index (χ0n) is 13.3. The summed E-state index contributed by atoms with van der Waals surface area (Å²) in [5.41, 5.74) is 6.86. The van der Waals surface area contributed by atoms with Crippen LogP contribution < -0.4 is 11.1 Å². The molecule has 0 aliphatic heterocycles. The first-order chi connectivity index (χ1) is 11.5. The van der Waals surface area contributed by atoms with Gasteiger partial charge in [0.05, 0.1) is 11.6 Å². The van der Waals surface area contributed by atoms with Crippen LogP contribution in [0.4, 0.5) is 0 Å². The van der Waals surface area contributed by atoms with Crippen molar-refractivity contribution in [3.05, 3.63) is 46.2 Å². The number of hydrogen-bond donors (Lipinski definition) is 2. The average molecular weight is 391 g/mol. The number of hydrogen-bond acceptors (Lipinski definition) is 4. The molecule has 0 bridgehead atoms. The SMILES string of the molecule is CN/C=C(\N=CC=O)C(=O)N=C(N)C1(c2ccc(Br)cc2)CCC1. The van der Waals surface area contributed by atoms with Gasteiger partial charge in [-0.1, -0.05) is 34.5 Å². The van der Waals surface area contributed by atoms with Crippen molar-refractivity contribution < 1.29 is 9.59 Å². The summed E-state index contributed by atoms with van der Waals surface area (Å²) in [6.07, 6.45) is 5.61. The first kappa shape index (κ1) is 18.1. The largest absolute Gasteiger partial charge is 0.392 e. The smallest absolute Gasteiger partial charge is 0.298 e. The van der Waals surface area contributed by atoms with Crippen LogP contribution in [0.5, 0.6) is 0 Å². The molecular weight excluding hydrogens is 372 g/mol. The second-order valence-corrected chi connectivity index (χ2v) is 6.39. The van der Waals surface area contributed by atoms with E-state index in [0.29, 0.717) is 6.29 Å². The van der Waals surface area contributed by atoms with Crippen molar-refractivity contribution in [1.82, 2.24) is 5.32 Å². The normalized spacial score (nSPS) is 17.4. The molecule has 1 aliphatic carbocycles. The summed E-state index contributed by atoms with van der Waals surface area (Å²) in [5.74, 6) is -0.298. The van der Waals surface area contributed by atoms with Crippen molar-refractivity contribution in [3.63, 3.8) is 0 Å². The van der Waals surface area contributed by atoms with Crippen molar-refractivity contribution in [2.24, 2.45) is 15.7 Å². The lowest BCUT2D eigenvalue weighted by Crippen LogP contribution is -2.47. The summed E-state index contributed by atoms with van der Waals surface area (Å²) in [6, 6.07) is 7.88. The summed E-state index contributed by atoms with van der Waals surface area (Å²) in [6.45, 7) is 0. The van der Waals surface area contributed by atoms with E-state index in [-0.39, 0.29) is 11.5 Å². The monoisotopic (exact) mass is 390 g/mol. The van der Waals surface area contributed by atoms with Gasteiger partial charge in [-0.3, -0.25) is 9.59 Å². The molecule has 0 saturated heterocycles. The summed E-state index contributed by atoms with van der Waals surface area (Å²) >= 11 is 3.42. The van der Waals surface area contributed by atoms with Crippen LogP contribution in [0.15, 0.2) is 50.6 Å². The lowest BCUT2D eigenvalue weighted by molar-refractivity contribution is -0.114. The van der Waals surface area contributed by atoms with Gasteiger partial charge in [0, 0.05) is 17.7 Å². The molecule has 0 radical (unpaired) electrons. The number of aldehydes is 1. The van der Waals surface area contributed by atoms with E-state index in [1.54, 1.807) is 7.05 Å². The Balaban J connectivity index is 2.31. The summed E-state index contributed by atoms with van der Waals surface area (Å²) in [5, 5.41) is 2.71. The maximum absolute atomic E-state index is 12.3. The number of amidine groups is 1. The Hall–Kier alpha value is -2.28. The van der Waals surface area contributed by atoms with Gasteiger partial charge < -0.3 is 11.1 Å². The highest BCUT2D eigenvalue weighted by molar-refractivity contribution is 9.10. The van der Waals surface area contributed by atoms with E-state index in [0.717, 1.165) is 35.5 Å². The van der Waals surface area contributed by atoms with Gasteiger partial charge in [0.15, 0.2) is 6.29 Å². The van der Waals surface area contributed by atoms with Crippen LogP contribution in [-0.2, 0) is 15.0 Å². The van der Waals surface area contributed by atoms with E-state index in [1.165, 1.54) is 6.20 Å². The molecule has 24 heavy (non-hydrogen) atoms. The number of halogens is 1. The van der Waals surface area contributed by atoms with Crippen LogP contribution in [0.2, 0.25) is 0 Å². The molecule has 0 atom stereocenters. The van der Waals surface area contributed by atoms with Gasteiger partial charge in [-0.25, -0.2) is 4.99 Å². The number of nitrogens with two attached hydrogens (primary N) is 1. The summed E-state index contributed by atoms with van der Waals surface area (Å²) < 4.78 is 0.981. The highest BCUT2D eigenvalue weighted by Gasteiger charge is 2.42. The zero-order chi connectivity index (χ0) is 17.6. The molecule has 0 spiro atoms. The third kappa shape index (κ3) is 3.79. The maximum Gasteiger partial charge on any atom is 0.298 e. The molecule has 1 amide bonds. The predicted octanol–water partition coefficient (Wildman–Crippen LogP) is 2.09. The van der Waals surface area contributed by atoms with Crippen LogP contribution >= 0.6 is 15.9 Å². The fourth-order valence-electron chi connectivity index (χ4n) is 2.67. The Morgan fingerprint density at radius 2 is 2.00 bits per heavy atom. The van der Waals surface area contributed by atoms with E-state index >= 15 is 0 Å². The molecule has 6 nitrogen and oxygen atoms in total. The fraction of sp³-hybridized carbons (Fsp3) is 0.294. The maximum atomic E-state index is 12.3. The molecule has 0 unspecified atom stereocenters.